The number of carbonyl (C=O) groups is 2. The van der Waals surface area contributed by atoms with Crippen LogP contribution in [0.2, 0.25) is 0 Å². The van der Waals surface area contributed by atoms with Crippen molar-refractivity contribution in [3.8, 4) is 0 Å². The molecule has 0 spiro atoms. The molecule has 1 saturated carbocycles. The van der Waals surface area contributed by atoms with E-state index in [9.17, 15) is 14.8 Å². The van der Waals surface area contributed by atoms with Gasteiger partial charge >= 0.3 is 6.09 Å². The van der Waals surface area contributed by atoms with Crippen LogP contribution in [0.4, 0.5) is 4.79 Å². The van der Waals surface area contributed by atoms with Gasteiger partial charge in [0.1, 0.15) is 11.6 Å². The number of likely N-dealkylation sites (tertiary alicyclic amines) is 1. The molecule has 1 aliphatic heterocycles. The van der Waals surface area contributed by atoms with Crippen LogP contribution in [0.1, 0.15) is 59.3 Å². The van der Waals surface area contributed by atoms with E-state index in [1.54, 1.807) is 0 Å². The summed E-state index contributed by atoms with van der Waals surface area (Å²) in [6.45, 7) is 5.99. The number of nitrogens with zero attached hydrogens (tertiary/aromatic N) is 2. The predicted octanol–water partition coefficient (Wildman–Crippen LogP) is 3.04. The second-order valence-corrected chi connectivity index (χ2v) is 7.90. The summed E-state index contributed by atoms with van der Waals surface area (Å²) < 4.78 is 5.45. The second-order valence-electron chi connectivity index (χ2n) is 7.90. The van der Waals surface area contributed by atoms with E-state index in [1.807, 2.05) is 20.8 Å². The first-order valence-corrected chi connectivity index (χ1v) is 8.65. The fourth-order valence-electron chi connectivity index (χ4n) is 3.79. The number of carbonyl (C=O) groups excluding carboxylic acids is 2. The minimum atomic E-state index is -0.619. The van der Waals surface area contributed by atoms with Crippen LogP contribution in [0, 0.1) is 11.8 Å². The summed E-state index contributed by atoms with van der Waals surface area (Å²) in [4.78, 5) is 26.3. The third-order valence-corrected chi connectivity index (χ3v) is 4.88. The smallest absolute Gasteiger partial charge is 0.410 e. The molecule has 2 atom stereocenters. The maximum atomic E-state index is 12.5. The number of amides is 2. The highest BCUT2D eigenvalue weighted by Crippen LogP contribution is 2.38. The molecule has 1 aliphatic carbocycles. The molecule has 1 N–H and O–H groups in total. The van der Waals surface area contributed by atoms with Crippen LogP contribution in [0.15, 0.2) is 0 Å². The van der Waals surface area contributed by atoms with Crippen LogP contribution in [-0.4, -0.2) is 52.4 Å². The van der Waals surface area contributed by atoms with E-state index in [1.165, 1.54) is 44.1 Å². The van der Waals surface area contributed by atoms with Crippen molar-refractivity contribution in [1.29, 1.82) is 0 Å². The van der Waals surface area contributed by atoms with Crippen LogP contribution in [0.25, 0.3) is 0 Å². The number of likely N-dealkylation sites (N-methyl/N-ethyl adjacent to an activating group) is 1. The summed E-state index contributed by atoms with van der Waals surface area (Å²) >= 11 is 0. The van der Waals surface area contributed by atoms with Crippen molar-refractivity contribution in [2.24, 2.45) is 11.8 Å². The zero-order valence-electron chi connectivity index (χ0n) is 14.7. The summed E-state index contributed by atoms with van der Waals surface area (Å²) in [6.07, 6.45) is 6.23. The Morgan fingerprint density at radius 1 is 1.13 bits per heavy atom. The lowest BCUT2D eigenvalue weighted by Gasteiger charge is -2.29. The molecule has 6 heteroatoms. The fraction of sp³-hybridized carbons (Fsp3) is 0.882. The molecular weight excluding hydrogens is 296 g/mol. The number of hydrogen-bond donors (Lipinski definition) is 1. The molecule has 0 bridgehead atoms. The van der Waals surface area contributed by atoms with Gasteiger partial charge in [0.2, 0.25) is 0 Å². The molecule has 132 valence electrons. The van der Waals surface area contributed by atoms with Crippen molar-refractivity contribution in [3.63, 3.8) is 0 Å². The van der Waals surface area contributed by atoms with E-state index < -0.39 is 23.6 Å². The first-order chi connectivity index (χ1) is 10.7. The fourth-order valence-corrected chi connectivity index (χ4v) is 3.79. The van der Waals surface area contributed by atoms with Gasteiger partial charge < -0.3 is 4.74 Å². The minimum Gasteiger partial charge on any atom is -0.444 e. The van der Waals surface area contributed by atoms with Gasteiger partial charge in [0, 0.05) is 13.6 Å². The van der Waals surface area contributed by atoms with Gasteiger partial charge in [0.15, 0.2) is 0 Å². The Balaban J connectivity index is 2.11. The highest BCUT2D eigenvalue weighted by molar-refractivity contribution is 5.85. The second kappa shape index (κ2) is 7.07. The van der Waals surface area contributed by atoms with Gasteiger partial charge in [0.05, 0.1) is 0 Å². The molecule has 0 aromatic rings. The Morgan fingerprint density at radius 2 is 1.74 bits per heavy atom. The Labute approximate surface area is 138 Å². The van der Waals surface area contributed by atoms with E-state index in [-0.39, 0.29) is 0 Å². The van der Waals surface area contributed by atoms with E-state index in [0.717, 1.165) is 0 Å². The molecule has 2 amide bonds. The van der Waals surface area contributed by atoms with Gasteiger partial charge in [-0.05, 0) is 39.0 Å². The van der Waals surface area contributed by atoms with Crippen molar-refractivity contribution in [1.82, 2.24) is 9.96 Å². The zero-order chi connectivity index (χ0) is 17.2. The molecule has 6 nitrogen and oxygen atoms in total. The molecule has 0 radical (unpaired) electrons. The van der Waals surface area contributed by atoms with Gasteiger partial charge in [-0.2, -0.15) is 0 Å². The van der Waals surface area contributed by atoms with Gasteiger partial charge in [-0.1, -0.05) is 32.1 Å². The quantitative estimate of drug-likeness (QED) is 0.625. The molecule has 1 heterocycles. The monoisotopic (exact) mass is 326 g/mol. The summed E-state index contributed by atoms with van der Waals surface area (Å²) in [6, 6.07) is -0.619. The van der Waals surface area contributed by atoms with Gasteiger partial charge in [-0.3, -0.25) is 14.9 Å². The first kappa shape index (κ1) is 18.0. The third kappa shape index (κ3) is 4.59. The summed E-state index contributed by atoms with van der Waals surface area (Å²) in [5.41, 5.74) is -0.598. The van der Waals surface area contributed by atoms with Gasteiger partial charge in [0.25, 0.3) is 5.91 Å². The number of hydroxylamine groups is 2. The summed E-state index contributed by atoms with van der Waals surface area (Å²) in [5, 5.41) is 10.1. The zero-order valence-corrected chi connectivity index (χ0v) is 14.7. The van der Waals surface area contributed by atoms with E-state index in [0.29, 0.717) is 29.9 Å². The van der Waals surface area contributed by atoms with Crippen LogP contribution < -0.4 is 0 Å². The average molecular weight is 326 g/mol. The Bertz CT molecular complexity index is 438. The highest BCUT2D eigenvalue weighted by atomic mass is 16.6. The van der Waals surface area contributed by atoms with Crippen LogP contribution in [-0.2, 0) is 9.53 Å². The number of ether oxygens (including phenoxy) is 1. The maximum absolute atomic E-state index is 12.5. The predicted molar refractivity (Wildman–Crippen MR) is 86.0 cm³/mol. The van der Waals surface area contributed by atoms with Crippen LogP contribution >= 0.6 is 0 Å². The standard InChI is InChI=1S/C17H30N2O4/c1-17(2,3)23-16(21)19-11-13(12-8-6-5-7-9-12)10-14(19)15(20)18(4)22/h12-14,22H,5-11H2,1-4H3/t13-,14+/m1/s1. The Morgan fingerprint density at radius 3 is 2.26 bits per heavy atom. The average Bonchev–Trinajstić information content (AvgIpc) is 2.90. The first-order valence-electron chi connectivity index (χ1n) is 8.65. The third-order valence-electron chi connectivity index (χ3n) is 4.88. The molecular formula is C17H30N2O4. The van der Waals surface area contributed by atoms with Crippen LogP contribution in [0.5, 0.6) is 0 Å². The molecule has 0 aromatic heterocycles. The lowest BCUT2D eigenvalue weighted by Crippen LogP contribution is -2.47. The number of hydrogen-bond acceptors (Lipinski definition) is 4. The molecule has 23 heavy (non-hydrogen) atoms. The van der Waals surface area contributed by atoms with Gasteiger partial charge in [-0.15, -0.1) is 0 Å². The topological polar surface area (TPSA) is 70.1 Å². The maximum Gasteiger partial charge on any atom is 0.410 e. The Kier molecular flexibility index (Phi) is 5.55. The van der Waals surface area contributed by atoms with Crippen LogP contribution in [0.3, 0.4) is 0 Å². The molecule has 2 rings (SSSR count). The number of rotatable bonds is 2. The van der Waals surface area contributed by atoms with E-state index >= 15 is 0 Å². The molecule has 1 saturated heterocycles. The normalized spacial score (nSPS) is 26.2. The van der Waals surface area contributed by atoms with Crippen molar-refractivity contribution < 1.29 is 19.5 Å². The van der Waals surface area contributed by atoms with E-state index in [4.69, 9.17) is 4.74 Å². The van der Waals surface area contributed by atoms with E-state index in [2.05, 4.69) is 0 Å². The van der Waals surface area contributed by atoms with Crippen molar-refractivity contribution in [2.75, 3.05) is 13.6 Å². The molecule has 2 fully saturated rings. The van der Waals surface area contributed by atoms with Crippen molar-refractivity contribution in [2.45, 2.75) is 70.9 Å². The van der Waals surface area contributed by atoms with Gasteiger partial charge in [-0.25, -0.2) is 9.86 Å². The van der Waals surface area contributed by atoms with Crippen molar-refractivity contribution >= 4 is 12.0 Å². The molecule has 0 aromatic carbocycles. The minimum absolute atomic E-state index is 0.316. The molecule has 0 unspecified atom stereocenters. The van der Waals surface area contributed by atoms with Crippen molar-refractivity contribution in [3.05, 3.63) is 0 Å². The Hall–Kier alpha value is -1.30. The molecule has 2 aliphatic rings. The highest BCUT2D eigenvalue weighted by Gasteiger charge is 2.44. The summed E-state index contributed by atoms with van der Waals surface area (Å²) in [5.74, 6) is 0.446. The summed E-state index contributed by atoms with van der Waals surface area (Å²) in [7, 11) is 1.31. The largest absolute Gasteiger partial charge is 0.444 e. The lowest BCUT2D eigenvalue weighted by molar-refractivity contribution is -0.164. The lowest BCUT2D eigenvalue weighted by atomic mass is 9.79. The SMILES string of the molecule is CN(O)C(=O)[C@@H]1C[C@@H](C2CCCCC2)CN1C(=O)OC(C)(C)C.